The number of fused-ring (bicyclic) bond motifs is 1. The van der Waals surface area contributed by atoms with Crippen LogP contribution in [0.2, 0.25) is 0 Å². The molecule has 0 aliphatic carbocycles. The maximum absolute atomic E-state index is 14.9. The van der Waals surface area contributed by atoms with Crippen LogP contribution in [0.25, 0.3) is 11.1 Å². The summed E-state index contributed by atoms with van der Waals surface area (Å²) in [6.07, 6.45) is -2.58. The summed E-state index contributed by atoms with van der Waals surface area (Å²) >= 11 is 0. The number of aryl methyl sites for hydroxylation is 1. The fraction of sp³-hybridized carbons (Fsp3) is 0.733. The third-order valence-electron chi connectivity index (χ3n) is 18.8. The number of carbonyl (C=O) groups is 3. The van der Waals surface area contributed by atoms with Gasteiger partial charge in [0.25, 0.3) is 0 Å². The Kier molecular flexibility index (Phi) is 20.5. The fourth-order valence-electron chi connectivity index (χ4n) is 13.8. The summed E-state index contributed by atoms with van der Waals surface area (Å²) in [6, 6.07) is 10.9. The molecule has 4 aliphatic rings. The number of aromatic nitrogens is 4. The average molecular weight is 1130 g/mol. The molecule has 0 amide bonds. The number of cyclic esters (lactones) is 1. The Balaban J connectivity index is 1.13. The molecule has 4 aliphatic heterocycles. The molecular formula is C60H91FN5O14+. The first-order valence-corrected chi connectivity index (χ1v) is 28.6. The van der Waals surface area contributed by atoms with Gasteiger partial charge in [-0.3, -0.25) is 28.7 Å². The van der Waals surface area contributed by atoms with Crippen LogP contribution in [0.5, 0.6) is 0 Å². The number of aliphatic hydroxyl groups excluding tert-OH is 2. The molecule has 20 heteroatoms. The Hall–Kier alpha value is -4.51. The van der Waals surface area contributed by atoms with Crippen LogP contribution in [0.1, 0.15) is 124 Å². The molecule has 0 spiro atoms. The van der Waals surface area contributed by atoms with E-state index in [1.165, 1.54) is 7.11 Å². The van der Waals surface area contributed by atoms with Crippen LogP contribution in [0.3, 0.4) is 0 Å². The second-order valence-electron chi connectivity index (χ2n) is 24.3. The van der Waals surface area contributed by atoms with Gasteiger partial charge in [-0.15, -0.1) is 5.10 Å². The maximum atomic E-state index is 14.9. The number of esters is 2. The summed E-state index contributed by atoms with van der Waals surface area (Å²) in [4.78, 5) is 44.9. The number of benzene rings is 1. The number of hydrogen-bond donors (Lipinski definition) is 3. The van der Waals surface area contributed by atoms with Gasteiger partial charge >= 0.3 is 11.9 Å². The molecule has 6 heterocycles. The molecule has 80 heavy (non-hydrogen) atoms. The van der Waals surface area contributed by atoms with E-state index < -0.39 is 132 Å². The standard InChI is InChI=1S/C60H91FN5O14/c1-16-48-60(11)45(26-49(67)80-60)36(5)51(68)33(2)27-59(10,75-15)55(37(6)50(38(7)56(71)78-48)47-28-58(9,74-14)54(70)39(8)77-47)79-57-52(69)46(25-35(4)76-57)64(12)24-23-44-32-65(63-62-44)30-43(29-61)53(73-13)41-21-19-40(20-22-41)42-18-17-34(3)66(72)31-42/h17-22,31-33,35-39,43,45-48,50,52-55,57,69-70,72H,16,23-30H2,1-15H3/q+1/t33-,35-,36-,37+,38-,39+,43+,45-,46+,47?,48-,50+,52-,53-,54+,55-,57+,58-,59-,60+/m1/s1. The Morgan fingerprint density at radius 3 is 2.23 bits per heavy atom. The number of alkyl halides is 1. The number of Topliss-reactive ketones (excluding diaryl/α,β-unsaturated/α-hetero) is 1. The van der Waals surface area contributed by atoms with Gasteiger partial charge in [0.2, 0.25) is 11.9 Å². The highest BCUT2D eigenvalue weighted by molar-refractivity contribution is 5.85. The van der Waals surface area contributed by atoms with E-state index in [1.807, 2.05) is 89.9 Å². The average Bonchev–Trinajstić information content (AvgIpc) is 4.06. The molecule has 3 N–H and O–H groups in total. The van der Waals surface area contributed by atoms with E-state index >= 15 is 0 Å². The number of aliphatic hydroxyl groups is 2. The van der Waals surface area contributed by atoms with Gasteiger partial charge < -0.3 is 53.0 Å². The number of carbonyl (C=O) groups excluding carboxylic acids is 3. The molecule has 446 valence electrons. The number of nitrogens with zero attached hydrogens (tertiary/aromatic N) is 5. The molecule has 3 aromatic rings. The summed E-state index contributed by atoms with van der Waals surface area (Å²) in [5, 5.41) is 42.9. The normalized spacial score (nSPS) is 37.4. The Morgan fingerprint density at radius 1 is 0.925 bits per heavy atom. The van der Waals surface area contributed by atoms with E-state index in [9.17, 15) is 34.2 Å². The highest BCUT2D eigenvalue weighted by Gasteiger charge is 2.59. The lowest BCUT2D eigenvalue weighted by Crippen LogP contribution is -2.62. The molecule has 0 radical (unpaired) electrons. The van der Waals surface area contributed by atoms with Crippen LogP contribution in [0, 0.1) is 48.3 Å². The third-order valence-corrected chi connectivity index (χ3v) is 18.8. The van der Waals surface area contributed by atoms with Gasteiger partial charge in [0.1, 0.15) is 29.7 Å². The molecule has 20 atom stereocenters. The predicted molar refractivity (Wildman–Crippen MR) is 292 cm³/mol. The van der Waals surface area contributed by atoms with E-state index in [0.29, 0.717) is 37.2 Å². The minimum absolute atomic E-state index is 0.0138. The van der Waals surface area contributed by atoms with Crippen molar-refractivity contribution in [2.75, 3.05) is 41.6 Å². The van der Waals surface area contributed by atoms with Crippen LogP contribution in [-0.2, 0) is 65.2 Å². The van der Waals surface area contributed by atoms with E-state index in [0.717, 1.165) is 21.4 Å². The van der Waals surface area contributed by atoms with Gasteiger partial charge in [-0.2, -0.15) is 0 Å². The van der Waals surface area contributed by atoms with E-state index in [4.69, 9.17) is 37.9 Å². The molecule has 2 aromatic heterocycles. The predicted octanol–water partition coefficient (Wildman–Crippen LogP) is 6.60. The van der Waals surface area contributed by atoms with E-state index in [2.05, 4.69) is 10.3 Å². The number of hydrogen-bond acceptors (Lipinski definition) is 17. The monoisotopic (exact) mass is 1120 g/mol. The van der Waals surface area contributed by atoms with Crippen molar-refractivity contribution >= 4 is 17.7 Å². The number of ether oxygens (including phenoxy) is 8. The summed E-state index contributed by atoms with van der Waals surface area (Å²) in [7, 11) is 6.58. The van der Waals surface area contributed by atoms with Crippen molar-refractivity contribution in [2.24, 2.45) is 41.4 Å². The Morgan fingerprint density at radius 2 is 1.60 bits per heavy atom. The second kappa shape index (κ2) is 26.0. The number of methoxy groups -OCH3 is 3. The first-order valence-electron chi connectivity index (χ1n) is 28.6. The van der Waals surface area contributed by atoms with Crippen molar-refractivity contribution in [1.82, 2.24) is 19.9 Å². The molecule has 0 saturated carbocycles. The summed E-state index contributed by atoms with van der Waals surface area (Å²) in [5.74, 6) is -5.81. The zero-order chi connectivity index (χ0) is 58.8. The van der Waals surface area contributed by atoms with Crippen molar-refractivity contribution in [3.8, 4) is 11.1 Å². The molecular weight excluding hydrogens is 1030 g/mol. The molecule has 7 rings (SSSR count). The lowest BCUT2D eigenvalue weighted by molar-refractivity contribution is -0.908. The van der Waals surface area contributed by atoms with Crippen molar-refractivity contribution in [1.29, 1.82) is 0 Å². The van der Waals surface area contributed by atoms with Crippen LogP contribution in [0.4, 0.5) is 4.39 Å². The summed E-state index contributed by atoms with van der Waals surface area (Å²) in [5.41, 5.74) is 0.288. The molecule has 4 saturated heterocycles. The number of halogens is 1. The van der Waals surface area contributed by atoms with Crippen molar-refractivity contribution < 1.29 is 76.8 Å². The number of ketones is 1. The van der Waals surface area contributed by atoms with Crippen molar-refractivity contribution in [3.05, 3.63) is 65.7 Å². The van der Waals surface area contributed by atoms with Crippen molar-refractivity contribution in [2.45, 2.75) is 199 Å². The van der Waals surface area contributed by atoms with Gasteiger partial charge in [0.05, 0.1) is 78.5 Å². The molecule has 4 fully saturated rings. The zero-order valence-electron chi connectivity index (χ0n) is 49.7. The van der Waals surface area contributed by atoms with Gasteiger partial charge in [-0.1, -0.05) is 64.1 Å². The van der Waals surface area contributed by atoms with Gasteiger partial charge in [-0.25, -0.2) is 0 Å². The highest BCUT2D eigenvalue weighted by atomic mass is 19.1. The van der Waals surface area contributed by atoms with Crippen LogP contribution in [-0.4, -0.2) is 166 Å². The number of pyridine rings is 1. The van der Waals surface area contributed by atoms with Crippen LogP contribution < -0.4 is 4.73 Å². The van der Waals surface area contributed by atoms with Gasteiger partial charge in [0.15, 0.2) is 6.29 Å². The molecule has 0 bridgehead atoms. The largest absolute Gasteiger partial charge is 0.458 e. The molecule has 1 aromatic carbocycles. The topological polar surface area (TPSA) is 224 Å². The first-order chi connectivity index (χ1) is 37.8. The van der Waals surface area contributed by atoms with Gasteiger partial charge in [0, 0.05) is 100 Å². The first kappa shape index (κ1) is 63.1. The maximum Gasteiger partial charge on any atom is 0.309 e. The smallest absolute Gasteiger partial charge is 0.309 e. The van der Waals surface area contributed by atoms with Crippen LogP contribution >= 0.6 is 0 Å². The van der Waals surface area contributed by atoms with Gasteiger partial charge in [-0.05, 0) is 84.0 Å². The van der Waals surface area contributed by atoms with E-state index in [-0.39, 0.29) is 37.7 Å². The summed E-state index contributed by atoms with van der Waals surface area (Å²) < 4.78 is 68.9. The zero-order valence-corrected chi connectivity index (χ0v) is 49.7. The number of rotatable bonds is 17. The quantitative estimate of drug-likeness (QED) is 0.0736. The lowest BCUT2D eigenvalue weighted by atomic mass is 9.67. The third kappa shape index (κ3) is 13.1. The van der Waals surface area contributed by atoms with Crippen molar-refractivity contribution in [3.63, 3.8) is 0 Å². The Labute approximate surface area is 472 Å². The minimum Gasteiger partial charge on any atom is -0.458 e. The summed E-state index contributed by atoms with van der Waals surface area (Å²) in [6.45, 7) is 20.2. The molecule has 19 nitrogen and oxygen atoms in total. The highest BCUT2D eigenvalue weighted by Crippen LogP contribution is 2.48. The van der Waals surface area contributed by atoms with Crippen LogP contribution in [0.15, 0.2) is 48.8 Å². The molecule has 1 unspecified atom stereocenters. The second-order valence-corrected chi connectivity index (χ2v) is 24.3. The lowest BCUT2D eigenvalue weighted by Gasteiger charge is -2.52. The SMILES string of the molecule is CC[C@H]1OC(=O)[C@H](C)[C@@H](C2C[C@@](C)(OC)[C@@H](O)[C@H](C)O2)[C@H](C)[C@@H](O[C@@H]2O[C@H](C)C[C@H](N(C)CCc3cn(C[C@H](CF)[C@H](OC)c4ccc(-c5ccc(C)[n+](O)c5)cc4)nn3)[C@H]2O)[C@](C)(OC)C[C@@H](C)C(=O)[C@H](C)[C@H]2CC(=O)O[C@@]21C. The Bertz CT molecular complexity index is 2570. The van der Waals surface area contributed by atoms with E-state index in [1.54, 1.807) is 65.9 Å². The number of likely N-dealkylation sites (N-methyl/N-ethyl adjacent to an activating group) is 1. The minimum atomic E-state index is -1.28. The fourth-order valence-corrected chi connectivity index (χ4v) is 13.8.